The van der Waals surface area contributed by atoms with Gasteiger partial charge in [-0.3, -0.25) is 0 Å². The zero-order valence-electron chi connectivity index (χ0n) is 9.33. The van der Waals surface area contributed by atoms with Crippen LogP contribution in [-0.2, 0) is 11.3 Å². The van der Waals surface area contributed by atoms with Crippen LogP contribution in [-0.4, -0.2) is 32.3 Å². The molecule has 16 heavy (non-hydrogen) atoms. The zero-order chi connectivity index (χ0) is 11.4. The summed E-state index contributed by atoms with van der Waals surface area (Å²) in [7, 11) is 1.77. The number of hydrogen-bond acceptors (Lipinski definition) is 4. The first-order chi connectivity index (χ1) is 7.78. The summed E-state index contributed by atoms with van der Waals surface area (Å²) in [5.74, 6) is 0. The van der Waals surface area contributed by atoms with Crippen molar-refractivity contribution in [2.75, 3.05) is 20.2 Å². The van der Waals surface area contributed by atoms with Crippen LogP contribution in [0, 0.1) is 0 Å². The quantitative estimate of drug-likeness (QED) is 0.848. The average Bonchev–Trinajstić information content (AvgIpc) is 2.88. The van der Waals surface area contributed by atoms with Crippen molar-refractivity contribution < 1.29 is 4.74 Å². The van der Waals surface area contributed by atoms with Gasteiger partial charge in [-0.05, 0) is 18.6 Å². The highest BCUT2D eigenvalue weighted by Crippen LogP contribution is 2.21. The van der Waals surface area contributed by atoms with Crippen LogP contribution in [0.5, 0.6) is 0 Å². The zero-order valence-corrected chi connectivity index (χ0v) is 10.9. The van der Waals surface area contributed by atoms with E-state index in [2.05, 4.69) is 16.7 Å². The van der Waals surface area contributed by atoms with Crippen molar-refractivity contribution in [2.24, 2.45) is 0 Å². The molecule has 1 aromatic heterocycles. The molecule has 3 nitrogen and oxygen atoms in total. The number of hydrogen-bond donors (Lipinski definition) is 2. The fraction of sp³-hybridized carbons (Fsp3) is 0.636. The number of rotatable bonds is 5. The van der Waals surface area contributed by atoms with Crippen molar-refractivity contribution >= 4 is 22.9 Å². The molecule has 2 heterocycles. The summed E-state index contributed by atoms with van der Waals surface area (Å²) < 4.78 is 6.16. The summed E-state index contributed by atoms with van der Waals surface area (Å²) in [6, 6.07) is 4.54. The molecule has 1 aromatic rings. The van der Waals surface area contributed by atoms with Crippen molar-refractivity contribution in [3.05, 3.63) is 21.3 Å². The summed E-state index contributed by atoms with van der Waals surface area (Å²) in [5, 5.41) is 6.87. The van der Waals surface area contributed by atoms with E-state index in [9.17, 15) is 0 Å². The summed E-state index contributed by atoms with van der Waals surface area (Å²) in [4.78, 5) is 1.28. The molecule has 2 atom stereocenters. The third kappa shape index (κ3) is 3.43. The molecule has 0 aromatic carbocycles. The molecule has 0 saturated carbocycles. The third-order valence-corrected chi connectivity index (χ3v) is 4.06. The van der Waals surface area contributed by atoms with Crippen LogP contribution in [0.15, 0.2) is 12.1 Å². The molecule has 90 valence electrons. The van der Waals surface area contributed by atoms with Gasteiger partial charge in [0.15, 0.2) is 0 Å². The molecule has 1 fully saturated rings. The predicted molar refractivity (Wildman–Crippen MR) is 68.2 cm³/mol. The van der Waals surface area contributed by atoms with Gasteiger partial charge in [0.25, 0.3) is 0 Å². The lowest BCUT2D eigenvalue weighted by molar-refractivity contribution is 0.117. The normalized spacial score (nSPS) is 25.1. The Kier molecular flexibility index (Phi) is 4.61. The Hall–Kier alpha value is -0.130. The number of methoxy groups -OCH3 is 1. The van der Waals surface area contributed by atoms with Gasteiger partial charge in [-0.25, -0.2) is 0 Å². The molecule has 0 radical (unpaired) electrons. The van der Waals surface area contributed by atoms with Crippen LogP contribution in [0.3, 0.4) is 0 Å². The molecule has 2 unspecified atom stereocenters. The molecule has 2 N–H and O–H groups in total. The lowest BCUT2D eigenvalue weighted by Gasteiger charge is -2.10. The van der Waals surface area contributed by atoms with Crippen molar-refractivity contribution in [3.63, 3.8) is 0 Å². The Morgan fingerprint density at radius 3 is 3.12 bits per heavy atom. The van der Waals surface area contributed by atoms with Crippen molar-refractivity contribution in [3.8, 4) is 0 Å². The number of ether oxygens (including phenoxy) is 1. The van der Waals surface area contributed by atoms with E-state index in [1.165, 1.54) is 4.88 Å². The second kappa shape index (κ2) is 5.98. The van der Waals surface area contributed by atoms with Crippen molar-refractivity contribution in [2.45, 2.75) is 25.1 Å². The van der Waals surface area contributed by atoms with Gasteiger partial charge in [-0.15, -0.1) is 11.3 Å². The van der Waals surface area contributed by atoms with E-state index >= 15 is 0 Å². The van der Waals surface area contributed by atoms with Crippen LogP contribution in [0.4, 0.5) is 0 Å². The van der Waals surface area contributed by atoms with Gasteiger partial charge in [0, 0.05) is 37.7 Å². The third-order valence-electron chi connectivity index (χ3n) is 2.83. The molecule has 5 heteroatoms. The average molecular weight is 261 g/mol. The standard InChI is InChI=1S/C11H17ClN2OS/c1-15-9-4-8(14-6-9)5-13-7-10-2-3-11(12)16-10/h2-3,8-9,13-14H,4-7H2,1H3. The smallest absolute Gasteiger partial charge is 0.0931 e. The number of nitrogens with one attached hydrogen (secondary N) is 2. The van der Waals surface area contributed by atoms with E-state index in [-0.39, 0.29) is 0 Å². The van der Waals surface area contributed by atoms with Crippen LogP contribution in [0.1, 0.15) is 11.3 Å². The second-order valence-corrected chi connectivity index (χ2v) is 5.83. The highest BCUT2D eigenvalue weighted by molar-refractivity contribution is 7.16. The molecule has 0 bridgehead atoms. The molecule has 0 amide bonds. The molecule has 0 spiro atoms. The minimum atomic E-state index is 0.378. The molecule has 1 aliphatic heterocycles. The fourth-order valence-corrected chi connectivity index (χ4v) is 2.99. The van der Waals surface area contributed by atoms with Gasteiger partial charge in [0.2, 0.25) is 0 Å². The van der Waals surface area contributed by atoms with Gasteiger partial charge >= 0.3 is 0 Å². The van der Waals surface area contributed by atoms with Crippen LogP contribution in [0.2, 0.25) is 4.34 Å². The maximum absolute atomic E-state index is 5.87. The first-order valence-corrected chi connectivity index (χ1v) is 6.68. The topological polar surface area (TPSA) is 33.3 Å². The van der Waals surface area contributed by atoms with Gasteiger partial charge in [0.1, 0.15) is 0 Å². The second-order valence-electron chi connectivity index (χ2n) is 4.04. The Morgan fingerprint density at radius 1 is 1.62 bits per heavy atom. The number of halogens is 1. The number of thiophene rings is 1. The summed E-state index contributed by atoms with van der Waals surface area (Å²) in [6.07, 6.45) is 1.47. The predicted octanol–water partition coefficient (Wildman–Crippen LogP) is 1.87. The van der Waals surface area contributed by atoms with Gasteiger partial charge < -0.3 is 15.4 Å². The van der Waals surface area contributed by atoms with Crippen LogP contribution < -0.4 is 10.6 Å². The monoisotopic (exact) mass is 260 g/mol. The van der Waals surface area contributed by atoms with E-state index in [1.54, 1.807) is 18.4 Å². The maximum Gasteiger partial charge on any atom is 0.0931 e. The van der Waals surface area contributed by atoms with E-state index in [1.807, 2.05) is 6.07 Å². The van der Waals surface area contributed by atoms with Gasteiger partial charge in [-0.1, -0.05) is 11.6 Å². The minimum Gasteiger partial charge on any atom is -0.380 e. The lowest BCUT2D eigenvalue weighted by Crippen LogP contribution is -2.33. The summed E-state index contributed by atoms with van der Waals surface area (Å²) in [6.45, 7) is 2.84. The Bertz CT molecular complexity index is 332. The molecular weight excluding hydrogens is 244 g/mol. The van der Waals surface area contributed by atoms with E-state index in [0.717, 1.165) is 30.4 Å². The van der Waals surface area contributed by atoms with E-state index in [4.69, 9.17) is 16.3 Å². The van der Waals surface area contributed by atoms with Gasteiger partial charge in [-0.2, -0.15) is 0 Å². The van der Waals surface area contributed by atoms with Gasteiger partial charge in [0.05, 0.1) is 10.4 Å². The first-order valence-electron chi connectivity index (χ1n) is 5.49. The molecule has 2 rings (SSSR count). The largest absolute Gasteiger partial charge is 0.380 e. The van der Waals surface area contributed by atoms with Crippen LogP contribution >= 0.6 is 22.9 Å². The molecular formula is C11H17ClN2OS. The minimum absolute atomic E-state index is 0.378. The molecule has 1 saturated heterocycles. The first kappa shape index (κ1) is 12.3. The molecule has 0 aliphatic carbocycles. The Labute approximate surface area is 105 Å². The van der Waals surface area contributed by atoms with E-state index in [0.29, 0.717) is 12.1 Å². The summed E-state index contributed by atoms with van der Waals surface area (Å²) in [5.41, 5.74) is 0. The lowest BCUT2D eigenvalue weighted by atomic mass is 10.2. The maximum atomic E-state index is 5.87. The van der Waals surface area contributed by atoms with Crippen LogP contribution in [0.25, 0.3) is 0 Å². The van der Waals surface area contributed by atoms with Crippen molar-refractivity contribution in [1.82, 2.24) is 10.6 Å². The highest BCUT2D eigenvalue weighted by Gasteiger charge is 2.22. The molecule has 1 aliphatic rings. The Morgan fingerprint density at radius 2 is 2.50 bits per heavy atom. The fourth-order valence-electron chi connectivity index (χ4n) is 1.93. The van der Waals surface area contributed by atoms with Crippen molar-refractivity contribution in [1.29, 1.82) is 0 Å². The summed E-state index contributed by atoms with van der Waals surface area (Å²) >= 11 is 7.50. The van der Waals surface area contributed by atoms with E-state index < -0.39 is 0 Å². The highest BCUT2D eigenvalue weighted by atomic mass is 35.5. The SMILES string of the molecule is COC1CNC(CNCc2ccc(Cl)s2)C1. The Balaban J connectivity index is 1.65.